The summed E-state index contributed by atoms with van der Waals surface area (Å²) in [7, 11) is 0. The zero-order chi connectivity index (χ0) is 30.1. The smallest absolute Gasteiger partial charge is 0.412 e. The van der Waals surface area contributed by atoms with Gasteiger partial charge in [0.05, 0.1) is 12.5 Å². The lowest BCUT2D eigenvalue weighted by Gasteiger charge is -2.34. The van der Waals surface area contributed by atoms with Crippen molar-refractivity contribution in [3.8, 4) is 5.75 Å². The predicted molar refractivity (Wildman–Crippen MR) is 144 cm³/mol. The molecule has 222 valence electrons. The molecule has 42 heavy (non-hydrogen) atoms. The van der Waals surface area contributed by atoms with Gasteiger partial charge < -0.3 is 19.2 Å². The molecule has 0 saturated heterocycles. The van der Waals surface area contributed by atoms with E-state index in [9.17, 15) is 36.2 Å². The molecular weight excluding hydrogens is 566 g/mol. The van der Waals surface area contributed by atoms with Crippen LogP contribution in [0.5, 0.6) is 5.75 Å². The van der Waals surface area contributed by atoms with Gasteiger partial charge in [0, 0.05) is 30.0 Å². The number of aromatic carboxylic acids is 1. The zero-order valence-corrected chi connectivity index (χ0v) is 22.1. The number of oxazole rings is 1. The minimum Gasteiger partial charge on any atom is -0.492 e. The van der Waals surface area contributed by atoms with Gasteiger partial charge in [0.15, 0.2) is 5.58 Å². The van der Waals surface area contributed by atoms with Crippen LogP contribution in [-0.2, 0) is 0 Å². The first-order valence-electron chi connectivity index (χ1n) is 13.3. The quantitative estimate of drug-likeness (QED) is 0.121. The fraction of sp³-hybridized carbons (Fsp3) is 0.333. The van der Waals surface area contributed by atoms with E-state index in [0.29, 0.717) is 22.6 Å². The number of nitrogens with zero attached hydrogens (tertiary/aromatic N) is 2. The molecule has 2 unspecified atom stereocenters. The Morgan fingerprint density at radius 1 is 1.00 bits per heavy atom. The molecule has 0 fully saturated rings. The Balaban J connectivity index is 1.38. The van der Waals surface area contributed by atoms with Crippen molar-refractivity contribution < 1.29 is 45.4 Å². The van der Waals surface area contributed by atoms with Gasteiger partial charge in [0.1, 0.15) is 16.8 Å². The van der Waals surface area contributed by atoms with Crippen molar-refractivity contribution >= 4 is 33.9 Å². The van der Waals surface area contributed by atoms with Crippen molar-refractivity contribution in [2.75, 3.05) is 24.6 Å². The lowest BCUT2D eigenvalue weighted by atomic mass is 9.81. The number of ether oxygens (including phenoxy) is 1. The molecule has 1 aliphatic rings. The van der Waals surface area contributed by atoms with E-state index < -0.39 is 42.2 Å². The van der Waals surface area contributed by atoms with E-state index in [-0.39, 0.29) is 49.9 Å². The lowest BCUT2D eigenvalue weighted by molar-refractivity contribution is -0.167. The molecule has 0 aliphatic heterocycles. The Bertz CT molecular complexity index is 1580. The molecule has 5 rings (SSSR count). The summed E-state index contributed by atoms with van der Waals surface area (Å²) in [6.07, 6.45) is -9.96. The highest BCUT2D eigenvalue weighted by atomic mass is 19.4. The fourth-order valence-corrected chi connectivity index (χ4v) is 5.27. The van der Waals surface area contributed by atoms with E-state index in [1.165, 1.54) is 11.0 Å². The lowest BCUT2D eigenvalue weighted by Crippen LogP contribution is -2.38. The third kappa shape index (κ3) is 6.32. The number of allylic oxidation sites excluding steroid dienone is 1. The van der Waals surface area contributed by atoms with Crippen LogP contribution in [0.1, 0.15) is 29.6 Å². The summed E-state index contributed by atoms with van der Waals surface area (Å²) < 4.78 is 93.4. The average Bonchev–Trinajstić information content (AvgIpc) is 3.37. The van der Waals surface area contributed by atoms with Crippen molar-refractivity contribution in [1.29, 1.82) is 0 Å². The molecule has 1 heterocycles. The number of carboxylic acid groups (broad SMARTS) is 1. The fourth-order valence-electron chi connectivity index (χ4n) is 5.27. The maximum atomic E-state index is 13.9. The second-order valence-electron chi connectivity index (χ2n) is 10.1. The third-order valence-corrected chi connectivity index (χ3v) is 7.32. The van der Waals surface area contributed by atoms with Gasteiger partial charge in [-0.2, -0.15) is 31.3 Å². The standard InChI is InChI=1S/C30H26F6N2O4/c31-29(32,33)20-12-10-19(23(16-20)30(34,35)36)17-38(28-37-24-8-3-4-9-25(24)42-28)14-5-15-41-26-21-7-2-1-6-18(21)11-13-22(26)27(39)40/h1-4,6-9,11,13,16,19-20H,5,10,12,14-15,17H2,(H,39,40). The summed E-state index contributed by atoms with van der Waals surface area (Å²) in [5.41, 5.74) is -0.368. The molecule has 6 nitrogen and oxygen atoms in total. The van der Waals surface area contributed by atoms with Crippen molar-refractivity contribution in [1.82, 2.24) is 4.98 Å². The highest BCUT2D eigenvalue weighted by Gasteiger charge is 2.47. The number of para-hydroxylation sites is 2. The van der Waals surface area contributed by atoms with Gasteiger partial charge in [-0.1, -0.05) is 48.5 Å². The summed E-state index contributed by atoms with van der Waals surface area (Å²) in [6, 6.07) is 17.0. The van der Waals surface area contributed by atoms with Gasteiger partial charge in [-0.15, -0.1) is 0 Å². The van der Waals surface area contributed by atoms with E-state index in [1.807, 2.05) is 6.07 Å². The monoisotopic (exact) mass is 592 g/mol. The van der Waals surface area contributed by atoms with Crippen LogP contribution >= 0.6 is 0 Å². The number of benzene rings is 3. The molecule has 0 bridgehead atoms. The number of aromatic nitrogens is 1. The molecule has 4 aromatic rings. The van der Waals surface area contributed by atoms with Crippen LogP contribution in [0.4, 0.5) is 32.4 Å². The van der Waals surface area contributed by atoms with Gasteiger partial charge >= 0.3 is 18.3 Å². The van der Waals surface area contributed by atoms with Crippen LogP contribution in [0.2, 0.25) is 0 Å². The summed E-state index contributed by atoms with van der Waals surface area (Å²) in [5, 5.41) is 11.0. The number of anilines is 1. The SMILES string of the molecule is O=C(O)c1ccc2ccccc2c1OCCCN(CC1CCC(C(F)(F)F)C=C1C(F)(F)F)c1nc2ccccc2o1. The largest absolute Gasteiger partial charge is 0.492 e. The number of halogens is 6. The Labute approximate surface area is 236 Å². The van der Waals surface area contributed by atoms with E-state index in [1.54, 1.807) is 48.5 Å². The van der Waals surface area contributed by atoms with Gasteiger partial charge in [-0.25, -0.2) is 4.79 Å². The molecule has 1 aromatic heterocycles. The van der Waals surface area contributed by atoms with E-state index in [2.05, 4.69) is 4.98 Å². The Morgan fingerprint density at radius 2 is 1.74 bits per heavy atom. The van der Waals surface area contributed by atoms with Gasteiger partial charge in [-0.3, -0.25) is 0 Å². The molecule has 3 aromatic carbocycles. The third-order valence-electron chi connectivity index (χ3n) is 7.32. The average molecular weight is 593 g/mol. The Morgan fingerprint density at radius 3 is 2.45 bits per heavy atom. The molecule has 1 aliphatic carbocycles. The highest BCUT2D eigenvalue weighted by Crippen LogP contribution is 2.44. The first-order valence-corrected chi connectivity index (χ1v) is 13.3. The summed E-state index contributed by atoms with van der Waals surface area (Å²) in [5.74, 6) is -4.41. The van der Waals surface area contributed by atoms with Crippen LogP contribution in [0, 0.1) is 11.8 Å². The molecule has 0 amide bonds. The summed E-state index contributed by atoms with van der Waals surface area (Å²) in [4.78, 5) is 17.7. The second kappa shape index (κ2) is 11.6. The van der Waals surface area contributed by atoms with Crippen molar-refractivity contribution in [2.24, 2.45) is 11.8 Å². The number of hydrogen-bond acceptors (Lipinski definition) is 5. The maximum Gasteiger partial charge on any atom is 0.412 e. The Kier molecular flexibility index (Phi) is 8.07. The highest BCUT2D eigenvalue weighted by molar-refractivity contribution is 6.00. The number of carboxylic acids is 1. The number of rotatable bonds is 9. The van der Waals surface area contributed by atoms with Crippen molar-refractivity contribution in [3.05, 3.63) is 77.9 Å². The number of fused-ring (bicyclic) bond motifs is 2. The van der Waals surface area contributed by atoms with Crippen LogP contribution in [-0.4, -0.2) is 48.1 Å². The first kappa shape index (κ1) is 29.3. The van der Waals surface area contributed by atoms with E-state index >= 15 is 0 Å². The van der Waals surface area contributed by atoms with Crippen molar-refractivity contribution in [2.45, 2.75) is 31.6 Å². The molecule has 0 radical (unpaired) electrons. The summed E-state index contributed by atoms with van der Waals surface area (Å²) >= 11 is 0. The van der Waals surface area contributed by atoms with Crippen LogP contribution in [0.25, 0.3) is 21.9 Å². The zero-order valence-electron chi connectivity index (χ0n) is 22.1. The topological polar surface area (TPSA) is 75.8 Å². The van der Waals surface area contributed by atoms with E-state index in [4.69, 9.17) is 9.15 Å². The molecular formula is C30H26F6N2O4. The minimum atomic E-state index is -4.94. The van der Waals surface area contributed by atoms with Crippen LogP contribution in [0.15, 0.2) is 76.7 Å². The number of alkyl halides is 6. The van der Waals surface area contributed by atoms with Gasteiger partial charge in [0.25, 0.3) is 6.01 Å². The van der Waals surface area contributed by atoms with Crippen LogP contribution in [0.3, 0.4) is 0 Å². The minimum absolute atomic E-state index is 0.00774. The molecule has 2 atom stereocenters. The summed E-state index contributed by atoms with van der Waals surface area (Å²) in [6.45, 7) is -0.185. The second-order valence-corrected chi connectivity index (χ2v) is 10.1. The molecule has 0 saturated carbocycles. The first-order chi connectivity index (χ1) is 19.9. The molecule has 0 spiro atoms. The van der Waals surface area contributed by atoms with Gasteiger partial charge in [-0.05, 0) is 42.8 Å². The number of hydrogen-bond donors (Lipinski definition) is 1. The van der Waals surface area contributed by atoms with Gasteiger partial charge in [0.2, 0.25) is 0 Å². The van der Waals surface area contributed by atoms with E-state index in [0.717, 1.165) is 5.39 Å². The predicted octanol–water partition coefficient (Wildman–Crippen LogP) is 8.03. The molecule has 1 N–H and O–H groups in total. The molecule has 12 heteroatoms. The number of carbonyl (C=O) groups is 1. The van der Waals surface area contributed by atoms with Crippen LogP contribution < -0.4 is 9.64 Å². The van der Waals surface area contributed by atoms with Crippen molar-refractivity contribution in [3.63, 3.8) is 0 Å². The Hall–Kier alpha value is -4.22. The normalized spacial score (nSPS) is 17.8. The maximum absolute atomic E-state index is 13.9.